The van der Waals surface area contributed by atoms with Crippen LogP contribution in [0.2, 0.25) is 0 Å². The molecule has 0 fully saturated rings. The van der Waals surface area contributed by atoms with Crippen LogP contribution in [-0.4, -0.2) is 60.5 Å². The molecule has 0 aliphatic heterocycles. The van der Waals surface area contributed by atoms with Gasteiger partial charge in [0.25, 0.3) is 0 Å². The van der Waals surface area contributed by atoms with E-state index in [0.717, 1.165) is 27.1 Å². The maximum Gasteiger partial charge on any atom is 0.407 e. The lowest BCUT2D eigenvalue weighted by atomic mass is 9.98. The number of carbonyl (C=O) groups excluding carboxylic acids is 2. The van der Waals surface area contributed by atoms with Crippen LogP contribution in [0.15, 0.2) is 60.2 Å². The summed E-state index contributed by atoms with van der Waals surface area (Å²) in [6.45, 7) is 0.107. The first-order chi connectivity index (χ1) is 17.0. The Balaban J connectivity index is 1.15. The van der Waals surface area contributed by atoms with Gasteiger partial charge in [0.15, 0.2) is 0 Å². The summed E-state index contributed by atoms with van der Waals surface area (Å²) >= 11 is 1.32. The van der Waals surface area contributed by atoms with E-state index in [1.165, 1.54) is 11.3 Å². The molecule has 1 atom stereocenters. The van der Waals surface area contributed by atoms with Crippen molar-refractivity contribution in [3.63, 3.8) is 0 Å². The Morgan fingerprint density at radius 1 is 1.06 bits per heavy atom. The lowest BCUT2D eigenvalue weighted by Gasteiger charge is -2.15. The highest BCUT2D eigenvalue weighted by Gasteiger charge is 2.29. The Bertz CT molecular complexity index is 1140. The number of thiazole rings is 1. The molecule has 35 heavy (non-hydrogen) atoms. The zero-order valence-corrected chi connectivity index (χ0v) is 19.6. The number of hydrogen-bond donors (Lipinski definition) is 3. The van der Waals surface area contributed by atoms with E-state index in [0.29, 0.717) is 0 Å². The van der Waals surface area contributed by atoms with Crippen LogP contribution in [0.25, 0.3) is 11.1 Å². The van der Waals surface area contributed by atoms with E-state index in [2.05, 4.69) is 27.8 Å². The monoisotopic (exact) mass is 495 g/mol. The van der Waals surface area contributed by atoms with Crippen LogP contribution in [0, 0.1) is 0 Å². The van der Waals surface area contributed by atoms with Gasteiger partial charge in [-0.25, -0.2) is 9.59 Å². The number of amides is 2. The van der Waals surface area contributed by atoms with Crippen molar-refractivity contribution in [3.8, 4) is 11.1 Å². The quantitative estimate of drug-likeness (QED) is 0.349. The largest absolute Gasteiger partial charge is 0.480 e. The fourth-order valence-electron chi connectivity index (χ4n) is 4.02. The predicted octanol–water partition coefficient (Wildman–Crippen LogP) is 2.81. The molecule has 1 aromatic heterocycles. The fourth-order valence-corrected chi connectivity index (χ4v) is 4.66. The van der Waals surface area contributed by atoms with Gasteiger partial charge in [-0.1, -0.05) is 48.5 Å². The van der Waals surface area contributed by atoms with E-state index in [4.69, 9.17) is 9.47 Å². The molecule has 0 radical (unpaired) electrons. The van der Waals surface area contributed by atoms with Crippen molar-refractivity contribution in [1.82, 2.24) is 15.6 Å². The summed E-state index contributed by atoms with van der Waals surface area (Å²) in [6.07, 6.45) is 1.14. The summed E-state index contributed by atoms with van der Waals surface area (Å²) in [7, 11) is 0. The third-order valence-corrected chi connectivity index (χ3v) is 6.42. The predicted molar refractivity (Wildman–Crippen MR) is 129 cm³/mol. The number of ether oxygens (including phenoxy) is 2. The van der Waals surface area contributed by atoms with E-state index < -0.39 is 24.0 Å². The highest BCUT2D eigenvalue weighted by atomic mass is 32.1. The van der Waals surface area contributed by atoms with E-state index in [9.17, 15) is 19.5 Å². The molecule has 9 nitrogen and oxygen atoms in total. The van der Waals surface area contributed by atoms with Crippen LogP contribution in [0.1, 0.15) is 21.9 Å². The Morgan fingerprint density at radius 2 is 1.74 bits per heavy atom. The van der Waals surface area contributed by atoms with Gasteiger partial charge in [-0.15, -0.1) is 11.3 Å². The van der Waals surface area contributed by atoms with Crippen LogP contribution in [0.4, 0.5) is 4.79 Å². The van der Waals surface area contributed by atoms with Gasteiger partial charge >= 0.3 is 12.1 Å². The Morgan fingerprint density at radius 3 is 2.37 bits per heavy atom. The summed E-state index contributed by atoms with van der Waals surface area (Å²) in [5.41, 5.74) is 6.17. The Hall–Kier alpha value is -3.76. The molecule has 0 bridgehead atoms. The molecule has 1 aliphatic carbocycles. The molecule has 0 saturated carbocycles. The number of fused-ring (bicyclic) bond motifs is 3. The second-order valence-electron chi connectivity index (χ2n) is 7.94. The number of carbonyl (C=O) groups is 3. The second-order valence-corrected chi connectivity index (χ2v) is 8.91. The van der Waals surface area contributed by atoms with Gasteiger partial charge in [0, 0.05) is 30.0 Å². The first-order valence-electron chi connectivity index (χ1n) is 11.1. The lowest BCUT2D eigenvalue weighted by molar-refractivity contribution is -0.142. The fraction of sp³-hybridized carbons (Fsp3) is 0.280. The highest BCUT2D eigenvalue weighted by Crippen LogP contribution is 2.44. The van der Waals surface area contributed by atoms with Crippen molar-refractivity contribution in [2.75, 3.05) is 26.4 Å². The van der Waals surface area contributed by atoms with Crippen LogP contribution in [0.3, 0.4) is 0 Å². The number of alkyl carbamates (subject to hydrolysis) is 1. The molecule has 2 amide bonds. The highest BCUT2D eigenvalue weighted by molar-refractivity contribution is 7.09. The zero-order valence-electron chi connectivity index (χ0n) is 18.8. The molecule has 3 aromatic rings. The number of aliphatic carboxylic acids is 1. The van der Waals surface area contributed by atoms with Crippen molar-refractivity contribution in [2.24, 2.45) is 0 Å². The molecule has 2 aromatic carbocycles. The minimum absolute atomic E-state index is 0.0276. The van der Waals surface area contributed by atoms with Crippen molar-refractivity contribution in [2.45, 2.75) is 18.4 Å². The van der Waals surface area contributed by atoms with Crippen LogP contribution < -0.4 is 10.6 Å². The van der Waals surface area contributed by atoms with Crippen molar-refractivity contribution < 1.29 is 29.0 Å². The van der Waals surface area contributed by atoms with E-state index in [1.807, 2.05) is 36.4 Å². The summed E-state index contributed by atoms with van der Waals surface area (Å²) in [5.74, 6) is -1.72. The molecule has 182 valence electrons. The topological polar surface area (TPSA) is 127 Å². The lowest BCUT2D eigenvalue weighted by Crippen LogP contribution is -2.44. The average molecular weight is 496 g/mol. The molecule has 4 rings (SSSR count). The Kier molecular flexibility index (Phi) is 8.07. The summed E-state index contributed by atoms with van der Waals surface area (Å²) in [5, 5.41) is 14.3. The van der Waals surface area contributed by atoms with Gasteiger partial charge in [0.05, 0.1) is 12.1 Å². The first-order valence-corrected chi connectivity index (χ1v) is 12.0. The molecule has 0 saturated heterocycles. The smallest absolute Gasteiger partial charge is 0.407 e. The second kappa shape index (κ2) is 11.6. The molecule has 1 unspecified atom stereocenters. The van der Waals surface area contributed by atoms with E-state index >= 15 is 0 Å². The Labute approximate surface area is 206 Å². The molecule has 10 heteroatoms. The maximum atomic E-state index is 12.2. The van der Waals surface area contributed by atoms with Crippen LogP contribution in [0.5, 0.6) is 0 Å². The summed E-state index contributed by atoms with van der Waals surface area (Å²) in [6, 6.07) is 15.1. The standard InChI is InChI=1S/C25H25N3O6S/c29-23(28-22(24(30)31)11-16-12-26-15-35-16)14-33-10-9-27-25(32)34-13-21-19-7-3-1-5-17(19)18-6-2-4-8-20(18)21/h1-8,12,15,21-22H,9-11,13-14H2,(H,27,32)(H,28,29)(H,30,31). The molecule has 3 N–H and O–H groups in total. The number of nitrogens with zero attached hydrogens (tertiary/aromatic N) is 1. The number of benzene rings is 2. The normalized spacial score (nSPS) is 12.9. The van der Waals surface area contributed by atoms with E-state index in [-0.39, 0.29) is 38.7 Å². The molecule has 1 aliphatic rings. The van der Waals surface area contributed by atoms with Gasteiger partial charge in [-0.05, 0) is 22.3 Å². The first kappa shape index (κ1) is 24.4. The molecule has 1 heterocycles. The maximum absolute atomic E-state index is 12.2. The number of carboxylic acid groups (broad SMARTS) is 1. The molecular weight excluding hydrogens is 470 g/mol. The number of carboxylic acids is 1. The number of hydrogen-bond acceptors (Lipinski definition) is 7. The number of aromatic nitrogens is 1. The van der Waals surface area contributed by atoms with Crippen LogP contribution in [-0.2, 0) is 25.5 Å². The van der Waals surface area contributed by atoms with Gasteiger partial charge in [0.1, 0.15) is 19.3 Å². The van der Waals surface area contributed by atoms with Gasteiger partial charge < -0.3 is 25.2 Å². The van der Waals surface area contributed by atoms with Crippen molar-refractivity contribution in [3.05, 3.63) is 76.2 Å². The van der Waals surface area contributed by atoms with E-state index in [1.54, 1.807) is 11.7 Å². The third-order valence-electron chi connectivity index (χ3n) is 5.61. The summed E-state index contributed by atoms with van der Waals surface area (Å²) < 4.78 is 10.7. The summed E-state index contributed by atoms with van der Waals surface area (Å²) in [4.78, 5) is 40.2. The number of rotatable bonds is 11. The molecule has 0 spiro atoms. The van der Waals surface area contributed by atoms with Crippen molar-refractivity contribution >= 4 is 29.3 Å². The van der Waals surface area contributed by atoms with Crippen LogP contribution >= 0.6 is 11.3 Å². The third kappa shape index (κ3) is 6.23. The minimum atomic E-state index is -1.14. The number of nitrogens with one attached hydrogen (secondary N) is 2. The average Bonchev–Trinajstić information content (AvgIpc) is 3.48. The van der Waals surface area contributed by atoms with Gasteiger partial charge in [-0.2, -0.15) is 0 Å². The van der Waals surface area contributed by atoms with Gasteiger partial charge in [-0.3, -0.25) is 9.78 Å². The minimum Gasteiger partial charge on any atom is -0.480 e. The van der Waals surface area contributed by atoms with Crippen molar-refractivity contribution in [1.29, 1.82) is 0 Å². The SMILES string of the molecule is O=C(COCCNC(=O)OCC1c2ccccc2-c2ccccc21)NC(Cc1cncs1)C(=O)O. The van der Waals surface area contributed by atoms with Gasteiger partial charge in [0.2, 0.25) is 5.91 Å². The molecular formula is C25H25N3O6S. The zero-order chi connectivity index (χ0) is 24.6.